The molecular formula is C18H27N5O4S. The van der Waals surface area contributed by atoms with E-state index in [1.165, 1.54) is 24.8 Å². The Labute approximate surface area is 165 Å². The fourth-order valence-corrected chi connectivity index (χ4v) is 3.62. The van der Waals surface area contributed by atoms with Crippen LogP contribution in [0.2, 0.25) is 0 Å². The molecule has 0 aliphatic rings. The molecule has 0 aliphatic carbocycles. The van der Waals surface area contributed by atoms with E-state index in [-0.39, 0.29) is 17.0 Å². The van der Waals surface area contributed by atoms with Crippen LogP contribution in [0.3, 0.4) is 0 Å². The van der Waals surface area contributed by atoms with Gasteiger partial charge >= 0.3 is 5.97 Å². The number of carboxylic acid groups (broad SMARTS) is 1. The molecule has 0 saturated heterocycles. The van der Waals surface area contributed by atoms with Crippen molar-refractivity contribution >= 4 is 27.5 Å². The highest BCUT2D eigenvalue weighted by Gasteiger charge is 2.18. The summed E-state index contributed by atoms with van der Waals surface area (Å²) in [5.41, 5.74) is 3.41. The number of carboxylic acids is 1. The topological polar surface area (TPSA) is 117 Å². The van der Waals surface area contributed by atoms with Crippen LogP contribution in [0, 0.1) is 13.8 Å². The molecule has 28 heavy (non-hydrogen) atoms. The standard InChI is InChI=1S/C18H27N5O4S/c1-6-28(26,27)21-14-10-16(18(24)25)17(19-11-14)22(4)9-7-8-15-12(2)20-23(5)13(15)3/h10-11,21H,6-9H2,1-5H3,(H,24,25). The molecule has 0 aliphatic heterocycles. The number of pyridine rings is 1. The molecule has 2 heterocycles. The summed E-state index contributed by atoms with van der Waals surface area (Å²) in [7, 11) is 0.180. The van der Waals surface area contributed by atoms with E-state index in [4.69, 9.17) is 0 Å². The van der Waals surface area contributed by atoms with Crippen molar-refractivity contribution in [3.63, 3.8) is 0 Å². The summed E-state index contributed by atoms with van der Waals surface area (Å²) < 4.78 is 27.6. The first-order chi connectivity index (χ1) is 13.1. The first-order valence-electron chi connectivity index (χ1n) is 8.99. The molecular weight excluding hydrogens is 382 g/mol. The molecule has 154 valence electrons. The number of hydrogen-bond donors (Lipinski definition) is 2. The number of rotatable bonds is 9. The van der Waals surface area contributed by atoms with Gasteiger partial charge in [-0.2, -0.15) is 5.10 Å². The number of nitrogens with zero attached hydrogens (tertiary/aromatic N) is 4. The minimum Gasteiger partial charge on any atom is -0.478 e. The molecule has 2 aromatic rings. The summed E-state index contributed by atoms with van der Waals surface area (Å²) in [6.45, 7) is 6.11. The van der Waals surface area contributed by atoms with Crippen LogP contribution >= 0.6 is 0 Å². The van der Waals surface area contributed by atoms with E-state index < -0.39 is 16.0 Å². The maximum Gasteiger partial charge on any atom is 0.339 e. The Kier molecular flexibility index (Phi) is 6.65. The predicted molar refractivity (Wildman–Crippen MR) is 109 cm³/mol. The Hall–Kier alpha value is -2.62. The quantitative estimate of drug-likeness (QED) is 0.650. The number of carbonyl (C=O) groups is 1. The van der Waals surface area contributed by atoms with E-state index in [0.717, 1.165) is 24.2 Å². The molecule has 10 heteroatoms. The number of aryl methyl sites for hydroxylation is 2. The van der Waals surface area contributed by atoms with Gasteiger partial charge in [-0.3, -0.25) is 9.40 Å². The Morgan fingerprint density at radius 1 is 1.36 bits per heavy atom. The van der Waals surface area contributed by atoms with E-state index in [0.29, 0.717) is 12.4 Å². The zero-order valence-electron chi connectivity index (χ0n) is 16.9. The van der Waals surface area contributed by atoms with Gasteiger partial charge in [0.25, 0.3) is 0 Å². The fraction of sp³-hybridized carbons (Fsp3) is 0.500. The zero-order valence-corrected chi connectivity index (χ0v) is 17.7. The van der Waals surface area contributed by atoms with Crippen molar-refractivity contribution in [3.05, 3.63) is 34.8 Å². The molecule has 9 nitrogen and oxygen atoms in total. The molecule has 0 amide bonds. The fourth-order valence-electron chi connectivity index (χ4n) is 3.00. The molecule has 2 rings (SSSR count). The van der Waals surface area contributed by atoms with Crippen LogP contribution in [0.4, 0.5) is 11.5 Å². The number of sulfonamides is 1. The van der Waals surface area contributed by atoms with Gasteiger partial charge in [0.05, 0.1) is 23.3 Å². The normalized spacial score (nSPS) is 11.5. The second-order valence-electron chi connectivity index (χ2n) is 6.70. The monoisotopic (exact) mass is 409 g/mol. The highest BCUT2D eigenvalue weighted by molar-refractivity contribution is 7.92. The van der Waals surface area contributed by atoms with Gasteiger partial charge in [-0.1, -0.05) is 0 Å². The molecule has 2 N–H and O–H groups in total. The van der Waals surface area contributed by atoms with Crippen molar-refractivity contribution in [3.8, 4) is 0 Å². The van der Waals surface area contributed by atoms with Crippen LogP contribution in [0.25, 0.3) is 0 Å². The van der Waals surface area contributed by atoms with Crippen molar-refractivity contribution in [1.29, 1.82) is 0 Å². The molecule has 0 radical (unpaired) electrons. The average molecular weight is 410 g/mol. The highest BCUT2D eigenvalue weighted by Crippen LogP contribution is 2.22. The number of anilines is 2. The average Bonchev–Trinajstić information content (AvgIpc) is 2.87. The van der Waals surface area contributed by atoms with Crippen LogP contribution in [0.15, 0.2) is 12.3 Å². The van der Waals surface area contributed by atoms with Gasteiger partial charge < -0.3 is 10.0 Å². The summed E-state index contributed by atoms with van der Waals surface area (Å²) in [6.07, 6.45) is 2.96. The highest BCUT2D eigenvalue weighted by atomic mass is 32.2. The van der Waals surface area contributed by atoms with E-state index in [9.17, 15) is 18.3 Å². The van der Waals surface area contributed by atoms with E-state index >= 15 is 0 Å². The van der Waals surface area contributed by atoms with Crippen LogP contribution in [0.5, 0.6) is 0 Å². The minimum atomic E-state index is -3.50. The summed E-state index contributed by atoms with van der Waals surface area (Å²) in [5.74, 6) is -0.970. The lowest BCUT2D eigenvalue weighted by molar-refractivity contribution is 0.0697. The zero-order chi connectivity index (χ0) is 21.1. The minimum absolute atomic E-state index is 0.0486. The lowest BCUT2D eigenvalue weighted by Crippen LogP contribution is -2.23. The Bertz CT molecular complexity index is 969. The number of aromatic carboxylic acids is 1. The molecule has 0 spiro atoms. The predicted octanol–water partition coefficient (Wildman–Crippen LogP) is 1.96. The van der Waals surface area contributed by atoms with E-state index in [1.54, 1.807) is 11.9 Å². The third kappa shape index (κ3) is 5.00. The van der Waals surface area contributed by atoms with Crippen LogP contribution in [0.1, 0.15) is 40.7 Å². The van der Waals surface area contributed by atoms with Crippen LogP contribution < -0.4 is 9.62 Å². The molecule has 0 fully saturated rings. The number of hydrogen-bond acceptors (Lipinski definition) is 6. The maximum atomic E-state index is 11.7. The largest absolute Gasteiger partial charge is 0.478 e. The van der Waals surface area contributed by atoms with Crippen molar-refractivity contribution in [2.45, 2.75) is 33.6 Å². The van der Waals surface area contributed by atoms with Crippen molar-refractivity contribution in [2.24, 2.45) is 7.05 Å². The van der Waals surface area contributed by atoms with Gasteiger partial charge in [-0.15, -0.1) is 0 Å². The number of aromatic nitrogens is 3. The summed E-state index contributed by atoms with van der Waals surface area (Å²) in [5, 5.41) is 13.9. The van der Waals surface area contributed by atoms with Crippen molar-refractivity contribution in [2.75, 3.05) is 29.0 Å². The maximum absolute atomic E-state index is 11.7. The molecule has 0 unspecified atom stereocenters. The second-order valence-corrected chi connectivity index (χ2v) is 8.71. The van der Waals surface area contributed by atoms with E-state index in [2.05, 4.69) is 14.8 Å². The first-order valence-corrected chi connectivity index (χ1v) is 10.6. The van der Waals surface area contributed by atoms with Gasteiger partial charge in [0.1, 0.15) is 11.4 Å². The second kappa shape index (κ2) is 8.59. The molecule has 0 atom stereocenters. The molecule has 0 bridgehead atoms. The van der Waals surface area contributed by atoms with Crippen LogP contribution in [-0.4, -0.2) is 53.6 Å². The smallest absolute Gasteiger partial charge is 0.339 e. The van der Waals surface area contributed by atoms with Crippen molar-refractivity contribution in [1.82, 2.24) is 14.8 Å². The summed E-state index contributed by atoms with van der Waals surface area (Å²) >= 11 is 0. The lowest BCUT2D eigenvalue weighted by atomic mass is 10.1. The first kappa shape index (κ1) is 21.7. The molecule has 0 aromatic carbocycles. The van der Waals surface area contributed by atoms with Gasteiger partial charge in [-0.05, 0) is 45.2 Å². The van der Waals surface area contributed by atoms with Crippen LogP contribution in [-0.2, 0) is 23.5 Å². The molecule has 2 aromatic heterocycles. The molecule has 0 saturated carbocycles. The summed E-state index contributed by atoms with van der Waals surface area (Å²) in [4.78, 5) is 17.6. The Morgan fingerprint density at radius 3 is 2.57 bits per heavy atom. The SMILES string of the molecule is CCS(=O)(=O)Nc1cnc(N(C)CCCc2c(C)nn(C)c2C)c(C(=O)O)c1. The van der Waals surface area contributed by atoms with Gasteiger partial charge in [0.15, 0.2) is 0 Å². The lowest BCUT2D eigenvalue weighted by Gasteiger charge is -2.20. The van der Waals surface area contributed by atoms with Gasteiger partial charge in [-0.25, -0.2) is 18.2 Å². The Balaban J connectivity index is 2.13. The number of nitrogens with one attached hydrogen (secondary N) is 1. The van der Waals surface area contributed by atoms with Gasteiger partial charge in [0, 0.05) is 26.3 Å². The summed E-state index contributed by atoms with van der Waals surface area (Å²) in [6, 6.07) is 1.30. The Morgan fingerprint density at radius 2 is 2.04 bits per heavy atom. The third-order valence-electron chi connectivity index (χ3n) is 4.69. The third-order valence-corrected chi connectivity index (χ3v) is 6.00. The van der Waals surface area contributed by atoms with Gasteiger partial charge in [0.2, 0.25) is 10.0 Å². The van der Waals surface area contributed by atoms with E-state index in [1.807, 2.05) is 25.6 Å². The van der Waals surface area contributed by atoms with Crippen molar-refractivity contribution < 1.29 is 18.3 Å².